The third-order valence-corrected chi connectivity index (χ3v) is 2.68. The molecular weight excluding hydrogens is 214 g/mol. The molecule has 0 N–H and O–H groups in total. The summed E-state index contributed by atoms with van der Waals surface area (Å²) < 4.78 is 5.15. The number of ether oxygens (including phenoxy) is 1. The molecule has 0 saturated heterocycles. The molecule has 1 heterocycles. The molecule has 0 atom stereocenters. The van der Waals surface area contributed by atoms with Crippen LogP contribution in [0.5, 0.6) is 5.75 Å². The molecule has 88 valence electrons. The van der Waals surface area contributed by atoms with Crippen molar-refractivity contribution in [3.8, 4) is 5.75 Å². The van der Waals surface area contributed by atoms with E-state index in [-0.39, 0.29) is 11.7 Å². The first-order valence-corrected chi connectivity index (χ1v) is 5.61. The van der Waals surface area contributed by atoms with Gasteiger partial charge in [-0.05, 0) is 18.2 Å². The second-order valence-electron chi connectivity index (χ2n) is 4.27. The minimum atomic E-state index is -0.0365. The Kier molecular flexibility index (Phi) is 3.09. The molecule has 3 heteroatoms. The van der Waals surface area contributed by atoms with Crippen LogP contribution in [0, 0.1) is 5.92 Å². The van der Waals surface area contributed by atoms with Crippen molar-refractivity contribution >= 4 is 16.7 Å². The maximum Gasteiger partial charge on any atom is 0.183 e. The van der Waals surface area contributed by atoms with Gasteiger partial charge in [-0.1, -0.05) is 19.9 Å². The molecule has 1 aromatic heterocycles. The number of benzene rings is 1. The lowest BCUT2D eigenvalue weighted by molar-refractivity contribution is 0.0934. The molecule has 0 fully saturated rings. The van der Waals surface area contributed by atoms with Crippen molar-refractivity contribution in [1.29, 1.82) is 0 Å². The zero-order valence-electron chi connectivity index (χ0n) is 10.2. The third-order valence-electron chi connectivity index (χ3n) is 2.68. The minimum Gasteiger partial charge on any atom is -0.497 e. The topological polar surface area (TPSA) is 39.2 Å². The number of carbonyl (C=O) groups excluding carboxylic acids is 1. The predicted molar refractivity (Wildman–Crippen MR) is 67.5 cm³/mol. The Morgan fingerprint density at radius 1 is 1.24 bits per heavy atom. The average Bonchev–Trinajstić information content (AvgIpc) is 2.36. The lowest BCUT2D eigenvalue weighted by Crippen LogP contribution is -2.09. The molecule has 0 aliphatic carbocycles. The molecular formula is C14H15NO2. The fourth-order valence-corrected chi connectivity index (χ4v) is 1.66. The molecule has 3 nitrogen and oxygen atoms in total. The summed E-state index contributed by atoms with van der Waals surface area (Å²) in [7, 11) is 1.62. The monoisotopic (exact) mass is 229 g/mol. The van der Waals surface area contributed by atoms with Crippen molar-refractivity contribution in [3.63, 3.8) is 0 Å². The van der Waals surface area contributed by atoms with E-state index < -0.39 is 0 Å². The second kappa shape index (κ2) is 4.53. The summed E-state index contributed by atoms with van der Waals surface area (Å²) in [6.07, 6.45) is 0. The van der Waals surface area contributed by atoms with Crippen LogP contribution in [-0.2, 0) is 0 Å². The van der Waals surface area contributed by atoms with Gasteiger partial charge in [-0.15, -0.1) is 0 Å². The minimum absolute atomic E-state index is 0.0365. The van der Waals surface area contributed by atoms with Gasteiger partial charge in [0.2, 0.25) is 0 Å². The fraction of sp³-hybridized carbons (Fsp3) is 0.286. The van der Waals surface area contributed by atoms with E-state index in [4.69, 9.17) is 4.74 Å². The Morgan fingerprint density at radius 2 is 1.94 bits per heavy atom. The molecule has 0 unspecified atom stereocenters. The predicted octanol–water partition coefficient (Wildman–Crippen LogP) is 3.08. The van der Waals surface area contributed by atoms with E-state index in [1.807, 2.05) is 38.1 Å². The third kappa shape index (κ3) is 2.28. The molecule has 0 spiro atoms. The van der Waals surface area contributed by atoms with Crippen LogP contribution in [0.2, 0.25) is 0 Å². The summed E-state index contributed by atoms with van der Waals surface area (Å²) in [5.41, 5.74) is 1.30. The smallest absolute Gasteiger partial charge is 0.183 e. The number of carbonyl (C=O) groups is 1. The maximum absolute atomic E-state index is 11.8. The number of methoxy groups -OCH3 is 1. The number of rotatable bonds is 3. The molecule has 1 aromatic carbocycles. The van der Waals surface area contributed by atoms with Gasteiger partial charge in [-0.25, -0.2) is 4.98 Å². The molecule has 0 radical (unpaired) electrons. The van der Waals surface area contributed by atoms with E-state index in [1.54, 1.807) is 13.2 Å². The normalized spacial score (nSPS) is 10.8. The lowest BCUT2D eigenvalue weighted by atomic mass is 10.0. The first-order chi connectivity index (χ1) is 8.11. The molecule has 0 bridgehead atoms. The molecule has 0 saturated carbocycles. The Morgan fingerprint density at radius 3 is 2.59 bits per heavy atom. The molecule has 2 aromatic rings. The summed E-state index contributed by atoms with van der Waals surface area (Å²) in [6, 6.07) is 9.35. The van der Waals surface area contributed by atoms with Crippen LogP contribution in [-0.4, -0.2) is 17.9 Å². The van der Waals surface area contributed by atoms with Crippen molar-refractivity contribution in [2.75, 3.05) is 7.11 Å². The first-order valence-electron chi connectivity index (χ1n) is 5.61. The van der Waals surface area contributed by atoms with Crippen LogP contribution < -0.4 is 4.74 Å². The van der Waals surface area contributed by atoms with Gasteiger partial charge in [-0.2, -0.15) is 0 Å². The van der Waals surface area contributed by atoms with Crippen LogP contribution in [0.25, 0.3) is 10.9 Å². The highest BCUT2D eigenvalue weighted by Gasteiger charge is 2.12. The molecule has 17 heavy (non-hydrogen) atoms. The SMILES string of the molecule is COc1ccc2ccc(C(=O)C(C)C)nc2c1. The van der Waals surface area contributed by atoms with Gasteiger partial charge in [0, 0.05) is 17.4 Å². The van der Waals surface area contributed by atoms with Crippen molar-refractivity contribution in [1.82, 2.24) is 4.98 Å². The Labute approximate surface area is 100 Å². The van der Waals surface area contributed by atoms with E-state index in [0.717, 1.165) is 16.7 Å². The van der Waals surface area contributed by atoms with E-state index in [1.165, 1.54) is 0 Å². The number of pyridine rings is 1. The van der Waals surface area contributed by atoms with Crippen molar-refractivity contribution in [2.45, 2.75) is 13.8 Å². The Bertz CT molecular complexity index is 561. The van der Waals surface area contributed by atoms with Gasteiger partial charge >= 0.3 is 0 Å². The van der Waals surface area contributed by atoms with Gasteiger partial charge in [0.25, 0.3) is 0 Å². The van der Waals surface area contributed by atoms with Crippen molar-refractivity contribution < 1.29 is 9.53 Å². The van der Waals surface area contributed by atoms with E-state index in [9.17, 15) is 4.79 Å². The number of fused-ring (bicyclic) bond motifs is 1. The van der Waals surface area contributed by atoms with E-state index in [0.29, 0.717) is 5.69 Å². The molecule has 2 rings (SSSR count). The first kappa shape index (κ1) is 11.6. The van der Waals surface area contributed by atoms with Crippen LogP contribution >= 0.6 is 0 Å². The standard InChI is InChI=1S/C14H15NO2/c1-9(2)14(16)12-7-5-10-4-6-11(17-3)8-13(10)15-12/h4-9H,1-3H3. The summed E-state index contributed by atoms with van der Waals surface area (Å²) in [6.45, 7) is 3.75. The second-order valence-corrected chi connectivity index (χ2v) is 4.27. The van der Waals surface area contributed by atoms with Gasteiger partial charge in [-0.3, -0.25) is 4.79 Å². The number of hydrogen-bond donors (Lipinski definition) is 0. The Balaban J connectivity index is 2.51. The van der Waals surface area contributed by atoms with Gasteiger partial charge in [0.15, 0.2) is 5.78 Å². The highest BCUT2D eigenvalue weighted by Crippen LogP contribution is 2.20. The number of aromatic nitrogens is 1. The number of nitrogens with zero attached hydrogens (tertiary/aromatic N) is 1. The van der Waals surface area contributed by atoms with E-state index >= 15 is 0 Å². The highest BCUT2D eigenvalue weighted by atomic mass is 16.5. The quantitative estimate of drug-likeness (QED) is 0.759. The van der Waals surface area contributed by atoms with Crippen molar-refractivity contribution in [2.24, 2.45) is 5.92 Å². The highest BCUT2D eigenvalue weighted by molar-refractivity contribution is 5.97. The summed E-state index contributed by atoms with van der Waals surface area (Å²) in [5.74, 6) is 0.777. The van der Waals surface area contributed by atoms with Gasteiger partial charge in [0.1, 0.15) is 11.4 Å². The number of hydrogen-bond acceptors (Lipinski definition) is 3. The van der Waals surface area contributed by atoms with Crippen LogP contribution in [0.15, 0.2) is 30.3 Å². The van der Waals surface area contributed by atoms with E-state index in [2.05, 4.69) is 4.98 Å². The average molecular weight is 229 g/mol. The summed E-state index contributed by atoms with van der Waals surface area (Å²) in [4.78, 5) is 16.2. The lowest BCUT2D eigenvalue weighted by Gasteiger charge is -2.06. The zero-order valence-corrected chi connectivity index (χ0v) is 10.2. The zero-order chi connectivity index (χ0) is 12.4. The van der Waals surface area contributed by atoms with Crippen LogP contribution in [0.3, 0.4) is 0 Å². The fourth-order valence-electron chi connectivity index (χ4n) is 1.66. The van der Waals surface area contributed by atoms with Crippen LogP contribution in [0.4, 0.5) is 0 Å². The number of ketones is 1. The van der Waals surface area contributed by atoms with Crippen molar-refractivity contribution in [3.05, 3.63) is 36.0 Å². The molecule has 0 aliphatic heterocycles. The van der Waals surface area contributed by atoms with Gasteiger partial charge < -0.3 is 4.74 Å². The summed E-state index contributed by atoms with van der Waals surface area (Å²) >= 11 is 0. The summed E-state index contributed by atoms with van der Waals surface area (Å²) in [5, 5.41) is 1.01. The van der Waals surface area contributed by atoms with Crippen LogP contribution in [0.1, 0.15) is 24.3 Å². The largest absolute Gasteiger partial charge is 0.497 e. The van der Waals surface area contributed by atoms with Gasteiger partial charge in [0.05, 0.1) is 12.6 Å². The maximum atomic E-state index is 11.8. The number of Topliss-reactive ketones (excluding diaryl/α,β-unsaturated/α-hetero) is 1. The Hall–Kier alpha value is -1.90. The molecule has 0 amide bonds. The molecule has 0 aliphatic rings.